The molecule has 3 N–H and O–H groups in total. The maximum atomic E-state index is 12.7. The van der Waals surface area contributed by atoms with Gasteiger partial charge in [0.25, 0.3) is 0 Å². The number of aryl methyl sites for hydroxylation is 1. The Bertz CT molecular complexity index is 716. The lowest BCUT2D eigenvalue weighted by molar-refractivity contribution is -0.120. The molecule has 0 spiro atoms. The second-order valence-corrected chi connectivity index (χ2v) is 7.00. The van der Waals surface area contributed by atoms with Crippen LogP contribution in [0.2, 0.25) is 0 Å². The molecule has 1 unspecified atom stereocenters. The van der Waals surface area contributed by atoms with Crippen molar-refractivity contribution in [3.8, 4) is 0 Å². The van der Waals surface area contributed by atoms with Gasteiger partial charge in [0.2, 0.25) is 5.91 Å². The molecule has 1 aliphatic rings. The molecule has 3 atom stereocenters. The first kappa shape index (κ1) is 17.6. The summed E-state index contributed by atoms with van der Waals surface area (Å²) in [5, 5.41) is 3.04. The van der Waals surface area contributed by atoms with Gasteiger partial charge in [-0.1, -0.05) is 42.5 Å². The van der Waals surface area contributed by atoms with Crippen LogP contribution in [0.5, 0.6) is 0 Å². The topological polar surface area (TPSA) is 58.4 Å². The fourth-order valence-corrected chi connectivity index (χ4v) is 3.67. The van der Waals surface area contributed by atoms with Crippen LogP contribution in [0.25, 0.3) is 0 Å². The highest BCUT2D eigenvalue weighted by Gasteiger charge is 2.36. The fraction of sp³-hybridized carbons (Fsp3) is 0.381. The monoisotopic (exact) mass is 337 g/mol. The van der Waals surface area contributed by atoms with Crippen molar-refractivity contribution in [2.24, 2.45) is 11.7 Å². The Morgan fingerprint density at radius 3 is 2.64 bits per heavy atom. The van der Waals surface area contributed by atoms with Gasteiger partial charge in [-0.15, -0.1) is 0 Å². The lowest BCUT2D eigenvalue weighted by atomic mass is 9.89. The molecule has 1 heterocycles. The number of carbonyl (C=O) groups excluding carboxylic acids is 1. The van der Waals surface area contributed by atoms with E-state index in [2.05, 4.69) is 34.5 Å². The lowest BCUT2D eigenvalue weighted by Gasteiger charge is -2.23. The number of nitrogens with one attached hydrogen (secondary N) is 1. The highest BCUT2D eigenvalue weighted by atomic mass is 16.2. The van der Waals surface area contributed by atoms with Gasteiger partial charge in [0.1, 0.15) is 0 Å². The number of amides is 1. The number of nitrogens with two attached hydrogens (primary N) is 1. The highest BCUT2D eigenvalue weighted by molar-refractivity contribution is 5.94. The molecule has 2 aromatic rings. The van der Waals surface area contributed by atoms with Gasteiger partial charge >= 0.3 is 0 Å². The van der Waals surface area contributed by atoms with Crippen LogP contribution in [0.4, 0.5) is 5.69 Å². The molecule has 0 aliphatic carbocycles. The van der Waals surface area contributed by atoms with Crippen LogP contribution in [0.1, 0.15) is 24.0 Å². The third-order valence-corrected chi connectivity index (χ3v) is 5.21. The van der Waals surface area contributed by atoms with Gasteiger partial charge in [-0.25, -0.2) is 0 Å². The Morgan fingerprint density at radius 1 is 1.20 bits per heavy atom. The van der Waals surface area contributed by atoms with Crippen molar-refractivity contribution in [3.63, 3.8) is 0 Å². The quantitative estimate of drug-likeness (QED) is 0.882. The smallest absolute Gasteiger partial charge is 0.241 e. The standard InChI is InChI=1S/C21H27N3O/c1-15-7-6-10-19(11-15)23-21(25)16(2)24-13-18(12-22)20(14-24)17-8-4-3-5-9-17/h3-11,16,18,20H,12-14,22H2,1-2H3,(H,23,25)/t16?,18-,20+/m1/s1. The first-order valence-electron chi connectivity index (χ1n) is 8.95. The molecule has 0 saturated carbocycles. The van der Waals surface area contributed by atoms with Crippen molar-refractivity contribution in [1.29, 1.82) is 0 Å². The Kier molecular flexibility index (Phi) is 5.51. The molecule has 3 rings (SSSR count). The van der Waals surface area contributed by atoms with Crippen LogP contribution in [0, 0.1) is 12.8 Å². The van der Waals surface area contributed by atoms with Crippen LogP contribution >= 0.6 is 0 Å². The summed E-state index contributed by atoms with van der Waals surface area (Å²) in [5.74, 6) is 0.812. The van der Waals surface area contributed by atoms with Crippen molar-refractivity contribution >= 4 is 11.6 Å². The minimum atomic E-state index is -0.178. The van der Waals surface area contributed by atoms with E-state index in [1.54, 1.807) is 0 Å². The summed E-state index contributed by atoms with van der Waals surface area (Å²) in [6.07, 6.45) is 0. The van der Waals surface area contributed by atoms with Crippen LogP contribution in [0.15, 0.2) is 54.6 Å². The molecular formula is C21H27N3O. The molecule has 4 heteroatoms. The maximum absolute atomic E-state index is 12.7. The first-order chi connectivity index (χ1) is 12.1. The molecule has 0 aromatic heterocycles. The van der Waals surface area contributed by atoms with Gasteiger partial charge in [0.05, 0.1) is 6.04 Å². The molecular weight excluding hydrogens is 310 g/mol. The summed E-state index contributed by atoms with van der Waals surface area (Å²) >= 11 is 0. The third-order valence-electron chi connectivity index (χ3n) is 5.21. The van der Waals surface area contributed by atoms with Gasteiger partial charge in [0.15, 0.2) is 0 Å². The van der Waals surface area contributed by atoms with Gasteiger partial charge in [-0.05, 0) is 49.6 Å². The van der Waals surface area contributed by atoms with E-state index in [9.17, 15) is 4.79 Å². The van der Waals surface area contributed by atoms with Gasteiger partial charge in [-0.2, -0.15) is 0 Å². The SMILES string of the molecule is Cc1cccc(NC(=O)C(C)N2C[C@@H](CN)[C@H](c3ccccc3)C2)c1. The molecule has 1 amide bonds. The summed E-state index contributed by atoms with van der Waals surface area (Å²) in [5.41, 5.74) is 9.32. The zero-order valence-electron chi connectivity index (χ0n) is 15.0. The van der Waals surface area contributed by atoms with Crippen molar-refractivity contribution in [3.05, 3.63) is 65.7 Å². The van der Waals surface area contributed by atoms with Crippen LogP contribution in [0.3, 0.4) is 0 Å². The second kappa shape index (κ2) is 7.81. The van der Waals surface area contributed by atoms with E-state index in [4.69, 9.17) is 5.73 Å². The normalized spacial score (nSPS) is 21.9. The van der Waals surface area contributed by atoms with Gasteiger partial charge < -0.3 is 11.1 Å². The van der Waals surface area contributed by atoms with E-state index in [-0.39, 0.29) is 11.9 Å². The van der Waals surface area contributed by atoms with E-state index in [1.807, 2.05) is 44.2 Å². The van der Waals surface area contributed by atoms with Crippen LogP contribution < -0.4 is 11.1 Å². The molecule has 25 heavy (non-hydrogen) atoms. The van der Waals surface area contributed by atoms with Crippen molar-refractivity contribution in [1.82, 2.24) is 4.90 Å². The van der Waals surface area contributed by atoms with Gasteiger partial charge in [0, 0.05) is 24.7 Å². The molecule has 0 bridgehead atoms. The van der Waals surface area contributed by atoms with E-state index >= 15 is 0 Å². The predicted molar refractivity (Wildman–Crippen MR) is 103 cm³/mol. The number of anilines is 1. The van der Waals surface area contributed by atoms with Crippen LogP contribution in [-0.4, -0.2) is 36.5 Å². The van der Waals surface area contributed by atoms with E-state index in [0.717, 1.165) is 24.3 Å². The molecule has 4 nitrogen and oxygen atoms in total. The average Bonchev–Trinajstić information content (AvgIpc) is 3.06. The Hall–Kier alpha value is -2.17. The molecule has 2 aromatic carbocycles. The largest absolute Gasteiger partial charge is 0.330 e. The number of benzene rings is 2. The second-order valence-electron chi connectivity index (χ2n) is 7.00. The Morgan fingerprint density at radius 2 is 1.96 bits per heavy atom. The summed E-state index contributed by atoms with van der Waals surface area (Å²) in [4.78, 5) is 14.9. The van der Waals surface area contributed by atoms with E-state index < -0.39 is 0 Å². The molecule has 132 valence electrons. The van der Waals surface area contributed by atoms with Crippen LogP contribution in [-0.2, 0) is 4.79 Å². The van der Waals surface area contributed by atoms with Crippen molar-refractivity contribution in [2.45, 2.75) is 25.8 Å². The number of nitrogens with zero attached hydrogens (tertiary/aromatic N) is 1. The first-order valence-corrected chi connectivity index (χ1v) is 8.95. The number of carbonyl (C=O) groups is 1. The Labute approximate surface area is 150 Å². The summed E-state index contributed by atoms with van der Waals surface area (Å²) in [7, 11) is 0. The summed E-state index contributed by atoms with van der Waals surface area (Å²) in [6, 6.07) is 18.2. The lowest BCUT2D eigenvalue weighted by Crippen LogP contribution is -2.41. The zero-order chi connectivity index (χ0) is 17.8. The summed E-state index contributed by atoms with van der Waals surface area (Å²) in [6.45, 7) is 6.37. The zero-order valence-corrected chi connectivity index (χ0v) is 15.0. The number of likely N-dealkylation sites (tertiary alicyclic amines) is 1. The third kappa shape index (κ3) is 4.09. The van der Waals surface area contributed by atoms with E-state index in [0.29, 0.717) is 18.4 Å². The molecule has 1 saturated heterocycles. The minimum absolute atomic E-state index is 0.0371. The maximum Gasteiger partial charge on any atom is 0.241 e. The fourth-order valence-electron chi connectivity index (χ4n) is 3.67. The van der Waals surface area contributed by atoms with Crippen molar-refractivity contribution in [2.75, 3.05) is 25.0 Å². The minimum Gasteiger partial charge on any atom is -0.330 e. The number of hydrogen-bond donors (Lipinski definition) is 2. The number of rotatable bonds is 5. The number of hydrogen-bond acceptors (Lipinski definition) is 3. The molecule has 0 radical (unpaired) electrons. The summed E-state index contributed by atoms with van der Waals surface area (Å²) < 4.78 is 0. The predicted octanol–water partition coefficient (Wildman–Crippen LogP) is 3.00. The van der Waals surface area contributed by atoms with Gasteiger partial charge in [-0.3, -0.25) is 9.69 Å². The van der Waals surface area contributed by atoms with E-state index in [1.165, 1.54) is 5.56 Å². The Balaban J connectivity index is 1.68. The molecule has 1 aliphatic heterocycles. The van der Waals surface area contributed by atoms with Crippen molar-refractivity contribution < 1.29 is 4.79 Å². The average molecular weight is 337 g/mol. The highest BCUT2D eigenvalue weighted by Crippen LogP contribution is 2.33. The molecule has 1 fully saturated rings.